The summed E-state index contributed by atoms with van der Waals surface area (Å²) in [4.78, 5) is 0. The zero-order chi connectivity index (χ0) is 11.9. The molecule has 1 aromatic carbocycles. The fraction of sp³-hybridized carbons (Fsp3) is 0.500. The van der Waals surface area contributed by atoms with Crippen LogP contribution in [0.15, 0.2) is 35.9 Å². The summed E-state index contributed by atoms with van der Waals surface area (Å²) >= 11 is 0. The van der Waals surface area contributed by atoms with Crippen LogP contribution >= 0.6 is 0 Å². The van der Waals surface area contributed by atoms with Gasteiger partial charge in [0.15, 0.2) is 0 Å². The Hall–Kier alpha value is -1.08. The molecule has 0 spiro atoms. The number of hydrogen-bond donors (Lipinski definition) is 1. The van der Waals surface area contributed by atoms with Crippen molar-refractivity contribution in [2.75, 3.05) is 6.54 Å². The van der Waals surface area contributed by atoms with E-state index in [4.69, 9.17) is 0 Å². The van der Waals surface area contributed by atoms with Crippen molar-refractivity contribution in [1.82, 2.24) is 5.32 Å². The van der Waals surface area contributed by atoms with Crippen LogP contribution in [0.3, 0.4) is 0 Å². The average Bonchev–Trinajstić information content (AvgIpc) is 2.38. The van der Waals surface area contributed by atoms with Crippen molar-refractivity contribution in [3.05, 3.63) is 47.0 Å². The number of nitrogens with one attached hydrogen (secondary N) is 1. The predicted octanol–water partition coefficient (Wildman–Crippen LogP) is 3.98. The van der Waals surface area contributed by atoms with Crippen molar-refractivity contribution < 1.29 is 0 Å². The lowest BCUT2D eigenvalue weighted by atomic mass is 9.97. The van der Waals surface area contributed by atoms with Gasteiger partial charge in [-0.05, 0) is 56.7 Å². The molecule has 1 N–H and O–H groups in total. The lowest BCUT2D eigenvalue weighted by Crippen LogP contribution is -2.16. The smallest absolute Gasteiger partial charge is 0.0208 e. The molecule has 0 bridgehead atoms. The van der Waals surface area contributed by atoms with E-state index in [2.05, 4.69) is 42.6 Å². The van der Waals surface area contributed by atoms with E-state index in [9.17, 15) is 0 Å². The first kappa shape index (κ1) is 12.4. The molecule has 17 heavy (non-hydrogen) atoms. The molecule has 0 aliphatic heterocycles. The summed E-state index contributed by atoms with van der Waals surface area (Å²) in [5.74, 6) is 0. The topological polar surface area (TPSA) is 12.0 Å². The molecule has 92 valence electrons. The van der Waals surface area contributed by atoms with E-state index in [1.54, 1.807) is 5.57 Å². The molecule has 0 aromatic heterocycles. The highest BCUT2D eigenvalue weighted by Gasteiger charge is 2.03. The Morgan fingerprint density at radius 1 is 1.18 bits per heavy atom. The van der Waals surface area contributed by atoms with Crippen LogP contribution < -0.4 is 5.32 Å². The van der Waals surface area contributed by atoms with Gasteiger partial charge >= 0.3 is 0 Å². The van der Waals surface area contributed by atoms with Crippen LogP contribution in [0.2, 0.25) is 0 Å². The molecule has 0 heterocycles. The molecule has 2 rings (SSSR count). The summed E-state index contributed by atoms with van der Waals surface area (Å²) in [6.45, 7) is 4.29. The summed E-state index contributed by atoms with van der Waals surface area (Å²) in [5.41, 5.74) is 4.47. The first-order valence-electron chi connectivity index (χ1n) is 6.79. The van der Waals surface area contributed by atoms with Crippen LogP contribution in [-0.2, 0) is 6.54 Å². The summed E-state index contributed by atoms with van der Waals surface area (Å²) in [6, 6.07) is 8.61. The molecule has 0 fully saturated rings. The van der Waals surface area contributed by atoms with Crippen molar-refractivity contribution in [2.24, 2.45) is 0 Å². The Bertz CT molecular complexity index is 379. The Morgan fingerprint density at radius 2 is 2.06 bits per heavy atom. The number of allylic oxidation sites excluding steroid dienone is 1. The maximum atomic E-state index is 3.55. The Kier molecular flexibility index (Phi) is 4.81. The van der Waals surface area contributed by atoms with Crippen LogP contribution in [0.4, 0.5) is 0 Å². The Balaban J connectivity index is 1.69. The quantitative estimate of drug-likeness (QED) is 0.595. The second-order valence-electron chi connectivity index (χ2n) is 4.96. The van der Waals surface area contributed by atoms with Gasteiger partial charge in [-0.1, -0.05) is 35.9 Å². The molecule has 1 heteroatoms. The van der Waals surface area contributed by atoms with E-state index in [1.165, 1.54) is 43.2 Å². The first-order chi connectivity index (χ1) is 8.36. The molecule has 0 radical (unpaired) electrons. The van der Waals surface area contributed by atoms with Gasteiger partial charge in [-0.15, -0.1) is 0 Å². The highest BCUT2D eigenvalue weighted by Crippen LogP contribution is 2.19. The molecular weight excluding hydrogens is 206 g/mol. The van der Waals surface area contributed by atoms with Crippen LogP contribution in [0, 0.1) is 6.92 Å². The molecule has 1 aliphatic carbocycles. The third kappa shape index (κ3) is 4.01. The third-order valence-corrected chi connectivity index (χ3v) is 3.58. The molecule has 0 unspecified atom stereocenters. The van der Waals surface area contributed by atoms with Crippen molar-refractivity contribution in [2.45, 2.75) is 45.6 Å². The normalized spacial score (nSPS) is 15.7. The van der Waals surface area contributed by atoms with Crippen LogP contribution in [0.5, 0.6) is 0 Å². The maximum Gasteiger partial charge on any atom is 0.0208 e. The minimum absolute atomic E-state index is 1.000. The summed E-state index contributed by atoms with van der Waals surface area (Å²) in [6.07, 6.45) is 9.08. The van der Waals surface area contributed by atoms with Gasteiger partial charge in [0.1, 0.15) is 0 Å². The van der Waals surface area contributed by atoms with Crippen LogP contribution in [0.1, 0.15) is 43.2 Å². The minimum Gasteiger partial charge on any atom is -0.312 e. The van der Waals surface area contributed by atoms with Crippen molar-refractivity contribution in [1.29, 1.82) is 0 Å². The monoisotopic (exact) mass is 229 g/mol. The Labute approximate surface area is 105 Å². The first-order valence-corrected chi connectivity index (χ1v) is 6.79. The largest absolute Gasteiger partial charge is 0.312 e. The van der Waals surface area contributed by atoms with Gasteiger partial charge in [-0.25, -0.2) is 0 Å². The molecule has 0 saturated carbocycles. The van der Waals surface area contributed by atoms with Crippen molar-refractivity contribution in [3.8, 4) is 0 Å². The summed E-state index contributed by atoms with van der Waals surface area (Å²) in [7, 11) is 0. The van der Waals surface area contributed by atoms with E-state index >= 15 is 0 Å². The van der Waals surface area contributed by atoms with Crippen LogP contribution in [-0.4, -0.2) is 6.54 Å². The summed E-state index contributed by atoms with van der Waals surface area (Å²) < 4.78 is 0. The zero-order valence-electron chi connectivity index (χ0n) is 10.8. The van der Waals surface area contributed by atoms with E-state index in [0.717, 1.165) is 13.1 Å². The number of hydrogen-bond acceptors (Lipinski definition) is 1. The predicted molar refractivity (Wildman–Crippen MR) is 74.1 cm³/mol. The second-order valence-corrected chi connectivity index (χ2v) is 4.96. The molecule has 0 amide bonds. The van der Waals surface area contributed by atoms with Gasteiger partial charge < -0.3 is 5.32 Å². The SMILES string of the molecule is Cc1ccccc1CNCCC1=CCCCC1. The van der Waals surface area contributed by atoms with Gasteiger partial charge in [0.05, 0.1) is 0 Å². The Morgan fingerprint density at radius 3 is 2.82 bits per heavy atom. The van der Waals surface area contributed by atoms with Gasteiger partial charge in [0.2, 0.25) is 0 Å². The average molecular weight is 229 g/mol. The van der Waals surface area contributed by atoms with Gasteiger partial charge in [0.25, 0.3) is 0 Å². The van der Waals surface area contributed by atoms with E-state index < -0.39 is 0 Å². The van der Waals surface area contributed by atoms with E-state index in [1.807, 2.05) is 0 Å². The number of aryl methyl sites for hydroxylation is 1. The zero-order valence-corrected chi connectivity index (χ0v) is 10.8. The van der Waals surface area contributed by atoms with Gasteiger partial charge in [0, 0.05) is 6.54 Å². The fourth-order valence-corrected chi connectivity index (χ4v) is 2.41. The maximum absolute atomic E-state index is 3.55. The van der Waals surface area contributed by atoms with Crippen molar-refractivity contribution in [3.63, 3.8) is 0 Å². The molecule has 1 nitrogen and oxygen atoms in total. The molecule has 1 aromatic rings. The molecule has 1 aliphatic rings. The van der Waals surface area contributed by atoms with E-state index in [-0.39, 0.29) is 0 Å². The number of rotatable bonds is 5. The van der Waals surface area contributed by atoms with Crippen molar-refractivity contribution >= 4 is 0 Å². The van der Waals surface area contributed by atoms with Gasteiger partial charge in [-0.3, -0.25) is 0 Å². The van der Waals surface area contributed by atoms with E-state index in [0.29, 0.717) is 0 Å². The molecule has 0 saturated heterocycles. The second kappa shape index (κ2) is 6.61. The molecular formula is C16H23N. The minimum atomic E-state index is 1.000. The fourth-order valence-electron chi connectivity index (χ4n) is 2.41. The lowest BCUT2D eigenvalue weighted by Gasteiger charge is -2.13. The molecule has 0 atom stereocenters. The standard InChI is InChI=1S/C16H23N/c1-14-7-5-6-10-16(14)13-17-12-11-15-8-3-2-4-9-15/h5-8,10,17H,2-4,9,11-13H2,1H3. The lowest BCUT2D eigenvalue weighted by molar-refractivity contribution is 0.631. The van der Waals surface area contributed by atoms with Crippen LogP contribution in [0.25, 0.3) is 0 Å². The highest BCUT2D eigenvalue weighted by molar-refractivity contribution is 5.25. The highest BCUT2D eigenvalue weighted by atomic mass is 14.8. The van der Waals surface area contributed by atoms with Gasteiger partial charge in [-0.2, -0.15) is 0 Å². The summed E-state index contributed by atoms with van der Waals surface area (Å²) in [5, 5.41) is 3.55. The third-order valence-electron chi connectivity index (χ3n) is 3.58. The number of benzene rings is 1.